The highest BCUT2D eigenvalue weighted by Crippen LogP contribution is 2.31. The minimum Gasteiger partial charge on any atom is -0.486 e. The number of aromatic nitrogens is 1. The van der Waals surface area contributed by atoms with Crippen LogP contribution < -0.4 is 9.47 Å². The van der Waals surface area contributed by atoms with Crippen LogP contribution in [0.2, 0.25) is 0 Å². The molecule has 2 heterocycles. The number of rotatable bonds is 4. The Balaban J connectivity index is 1.57. The van der Waals surface area contributed by atoms with E-state index >= 15 is 0 Å². The van der Waals surface area contributed by atoms with Crippen LogP contribution in [0.15, 0.2) is 34.9 Å². The number of hydrogen-bond acceptors (Lipinski definition) is 6. The average molecular weight is 301 g/mol. The van der Waals surface area contributed by atoms with Crippen LogP contribution in [0.25, 0.3) is 6.08 Å². The van der Waals surface area contributed by atoms with Crippen molar-refractivity contribution in [3.05, 3.63) is 47.4 Å². The molecule has 1 aliphatic heterocycles. The van der Waals surface area contributed by atoms with Crippen LogP contribution in [0, 0.1) is 6.92 Å². The lowest BCUT2D eigenvalue weighted by Crippen LogP contribution is -2.15. The van der Waals surface area contributed by atoms with Crippen molar-refractivity contribution in [3.8, 4) is 11.5 Å². The molecule has 1 aliphatic rings. The monoisotopic (exact) mass is 301 g/mol. The van der Waals surface area contributed by atoms with Crippen LogP contribution in [0.4, 0.5) is 0 Å². The summed E-state index contributed by atoms with van der Waals surface area (Å²) in [5, 5.41) is 3.75. The lowest BCUT2D eigenvalue weighted by Gasteiger charge is -2.18. The first-order chi connectivity index (χ1) is 10.7. The van der Waals surface area contributed by atoms with Crippen LogP contribution in [0.1, 0.15) is 17.0 Å². The Morgan fingerprint density at radius 1 is 1.27 bits per heavy atom. The van der Waals surface area contributed by atoms with Gasteiger partial charge in [0.15, 0.2) is 11.5 Å². The van der Waals surface area contributed by atoms with Gasteiger partial charge >= 0.3 is 5.97 Å². The summed E-state index contributed by atoms with van der Waals surface area (Å²) in [6, 6.07) is 7.20. The fourth-order valence-corrected chi connectivity index (χ4v) is 2.01. The van der Waals surface area contributed by atoms with Crippen molar-refractivity contribution in [3.63, 3.8) is 0 Å². The van der Waals surface area contributed by atoms with Crippen molar-refractivity contribution >= 4 is 12.0 Å². The number of esters is 1. The number of fused-ring (bicyclic) bond motifs is 1. The molecule has 0 aliphatic carbocycles. The zero-order valence-electron chi connectivity index (χ0n) is 12.1. The molecule has 0 saturated heterocycles. The fourth-order valence-electron chi connectivity index (χ4n) is 2.01. The number of nitrogens with zero attached hydrogens (tertiary/aromatic N) is 1. The second-order valence-electron chi connectivity index (χ2n) is 4.77. The summed E-state index contributed by atoms with van der Waals surface area (Å²) in [6.45, 7) is 2.94. The number of aryl methyl sites for hydroxylation is 1. The van der Waals surface area contributed by atoms with E-state index in [0.29, 0.717) is 36.2 Å². The van der Waals surface area contributed by atoms with Gasteiger partial charge in [0.25, 0.3) is 0 Å². The number of hydrogen-bond donors (Lipinski definition) is 0. The van der Waals surface area contributed by atoms with Gasteiger partial charge in [-0.25, -0.2) is 4.79 Å². The average Bonchev–Trinajstić information content (AvgIpc) is 2.96. The summed E-state index contributed by atoms with van der Waals surface area (Å²) in [5.74, 6) is 1.63. The zero-order chi connectivity index (χ0) is 15.4. The van der Waals surface area contributed by atoms with Crippen molar-refractivity contribution in [1.29, 1.82) is 0 Å². The van der Waals surface area contributed by atoms with Crippen molar-refractivity contribution in [1.82, 2.24) is 5.16 Å². The van der Waals surface area contributed by atoms with Crippen LogP contribution in [-0.2, 0) is 16.1 Å². The summed E-state index contributed by atoms with van der Waals surface area (Å²) in [4.78, 5) is 11.7. The maximum absolute atomic E-state index is 11.7. The number of carbonyl (C=O) groups is 1. The molecule has 114 valence electrons. The molecule has 6 heteroatoms. The third-order valence-corrected chi connectivity index (χ3v) is 3.02. The Bertz CT molecular complexity index is 704. The molecule has 0 unspecified atom stereocenters. The molecule has 0 atom stereocenters. The maximum atomic E-state index is 11.7. The van der Waals surface area contributed by atoms with Crippen molar-refractivity contribution in [2.75, 3.05) is 13.2 Å². The molecule has 22 heavy (non-hydrogen) atoms. The molecular formula is C16H15NO5. The third kappa shape index (κ3) is 3.46. The van der Waals surface area contributed by atoms with Gasteiger partial charge in [-0.15, -0.1) is 0 Å². The second-order valence-corrected chi connectivity index (χ2v) is 4.77. The summed E-state index contributed by atoms with van der Waals surface area (Å²) in [5.41, 5.74) is 1.41. The van der Waals surface area contributed by atoms with E-state index in [1.807, 2.05) is 18.2 Å². The molecule has 0 fully saturated rings. The van der Waals surface area contributed by atoms with E-state index in [1.165, 1.54) is 6.08 Å². The van der Waals surface area contributed by atoms with Crippen LogP contribution in [0.5, 0.6) is 11.5 Å². The van der Waals surface area contributed by atoms with Gasteiger partial charge in [-0.05, 0) is 30.7 Å². The standard InChI is InChI=1S/C16H15NO5/c1-11-8-13(17-22-11)10-21-16(18)5-3-12-2-4-14-15(9-12)20-7-6-19-14/h2-5,8-9H,6-7,10H2,1H3/b5-3+. The van der Waals surface area contributed by atoms with E-state index in [1.54, 1.807) is 19.1 Å². The van der Waals surface area contributed by atoms with Crippen molar-refractivity contribution in [2.24, 2.45) is 0 Å². The molecule has 2 aromatic rings. The quantitative estimate of drug-likeness (QED) is 0.638. The van der Waals surface area contributed by atoms with Gasteiger partial charge in [0.2, 0.25) is 0 Å². The number of ether oxygens (including phenoxy) is 3. The normalized spacial score (nSPS) is 13.3. The minimum atomic E-state index is -0.449. The highest BCUT2D eigenvalue weighted by molar-refractivity contribution is 5.87. The number of benzene rings is 1. The highest BCUT2D eigenvalue weighted by atomic mass is 16.6. The van der Waals surface area contributed by atoms with Crippen LogP contribution in [-0.4, -0.2) is 24.3 Å². The van der Waals surface area contributed by atoms with Crippen molar-refractivity contribution in [2.45, 2.75) is 13.5 Å². The fraction of sp³-hybridized carbons (Fsp3) is 0.250. The maximum Gasteiger partial charge on any atom is 0.331 e. The van der Waals surface area contributed by atoms with Gasteiger partial charge in [-0.1, -0.05) is 11.2 Å². The Hall–Kier alpha value is -2.76. The summed E-state index contributed by atoms with van der Waals surface area (Å²) in [6.07, 6.45) is 3.02. The molecule has 0 bridgehead atoms. The second kappa shape index (κ2) is 6.34. The predicted molar refractivity (Wildman–Crippen MR) is 77.5 cm³/mol. The van der Waals surface area contributed by atoms with Gasteiger partial charge in [0, 0.05) is 12.1 Å². The highest BCUT2D eigenvalue weighted by Gasteiger charge is 2.11. The lowest BCUT2D eigenvalue weighted by atomic mass is 10.2. The van der Waals surface area contributed by atoms with E-state index in [4.69, 9.17) is 18.7 Å². The summed E-state index contributed by atoms with van der Waals surface area (Å²) < 4.78 is 20.9. The predicted octanol–water partition coefficient (Wildman–Crippen LogP) is 2.51. The Morgan fingerprint density at radius 2 is 2.09 bits per heavy atom. The molecule has 1 aromatic heterocycles. The topological polar surface area (TPSA) is 70.8 Å². The molecule has 0 saturated carbocycles. The van der Waals surface area contributed by atoms with E-state index in [2.05, 4.69) is 5.16 Å². The molecule has 0 spiro atoms. The zero-order valence-corrected chi connectivity index (χ0v) is 12.1. The molecule has 0 N–H and O–H groups in total. The van der Waals surface area contributed by atoms with Gasteiger partial charge < -0.3 is 18.7 Å². The minimum absolute atomic E-state index is 0.0850. The lowest BCUT2D eigenvalue weighted by molar-refractivity contribution is -0.139. The molecule has 3 rings (SSSR count). The first-order valence-electron chi connectivity index (χ1n) is 6.87. The third-order valence-electron chi connectivity index (χ3n) is 3.02. The number of carbonyl (C=O) groups excluding carboxylic acids is 1. The van der Waals surface area contributed by atoms with Gasteiger partial charge in [-0.3, -0.25) is 0 Å². The van der Waals surface area contributed by atoms with E-state index in [-0.39, 0.29) is 6.61 Å². The Labute approximate surface area is 127 Å². The van der Waals surface area contributed by atoms with Gasteiger partial charge in [0.1, 0.15) is 31.3 Å². The SMILES string of the molecule is Cc1cc(COC(=O)/C=C/c2ccc3c(c2)OCCO3)no1. The Kier molecular flexibility index (Phi) is 4.09. The first kappa shape index (κ1) is 14.2. The van der Waals surface area contributed by atoms with E-state index in [9.17, 15) is 4.79 Å². The van der Waals surface area contributed by atoms with E-state index in [0.717, 1.165) is 5.56 Å². The smallest absolute Gasteiger partial charge is 0.331 e. The molecule has 0 amide bonds. The Morgan fingerprint density at radius 3 is 2.86 bits per heavy atom. The summed E-state index contributed by atoms with van der Waals surface area (Å²) in [7, 11) is 0. The molecular weight excluding hydrogens is 286 g/mol. The first-order valence-corrected chi connectivity index (χ1v) is 6.87. The van der Waals surface area contributed by atoms with Crippen LogP contribution in [0.3, 0.4) is 0 Å². The molecule has 0 radical (unpaired) electrons. The molecule has 1 aromatic carbocycles. The largest absolute Gasteiger partial charge is 0.486 e. The van der Waals surface area contributed by atoms with Crippen LogP contribution >= 0.6 is 0 Å². The summed E-state index contributed by atoms with van der Waals surface area (Å²) >= 11 is 0. The molecule has 6 nitrogen and oxygen atoms in total. The van der Waals surface area contributed by atoms with Gasteiger partial charge in [-0.2, -0.15) is 0 Å². The van der Waals surface area contributed by atoms with E-state index < -0.39 is 5.97 Å². The van der Waals surface area contributed by atoms with Crippen molar-refractivity contribution < 1.29 is 23.5 Å². The van der Waals surface area contributed by atoms with Gasteiger partial charge in [0.05, 0.1) is 0 Å².